The van der Waals surface area contributed by atoms with Crippen molar-refractivity contribution in [2.45, 2.75) is 79.7 Å². The van der Waals surface area contributed by atoms with Gasteiger partial charge in [-0.1, -0.05) is 58.4 Å². The summed E-state index contributed by atoms with van der Waals surface area (Å²) < 4.78 is 5.08. The van der Waals surface area contributed by atoms with Crippen molar-refractivity contribution in [3.8, 4) is 0 Å². The Morgan fingerprint density at radius 3 is 2.11 bits per heavy atom. The molecule has 1 unspecified atom stereocenters. The lowest BCUT2D eigenvalue weighted by molar-refractivity contribution is -0.170. The summed E-state index contributed by atoms with van der Waals surface area (Å²) in [5.41, 5.74) is 6.85. The minimum atomic E-state index is -1.37. The molecule has 0 fully saturated rings. The SMILES string of the molecule is CCCCOC(=O)C(CC)(CC(C)C)C(=O)O.Cc1ccccc1C(C)(C)N. The predicted octanol–water partition coefficient (Wildman–Crippen LogP) is 5.05. The van der Waals surface area contributed by atoms with E-state index in [2.05, 4.69) is 19.1 Å². The van der Waals surface area contributed by atoms with Gasteiger partial charge in [0.15, 0.2) is 5.41 Å². The Bertz CT molecular complexity index is 619. The van der Waals surface area contributed by atoms with Gasteiger partial charge in [-0.25, -0.2) is 0 Å². The third-order valence-corrected chi connectivity index (χ3v) is 4.73. The molecule has 0 bridgehead atoms. The van der Waals surface area contributed by atoms with Crippen LogP contribution in [-0.4, -0.2) is 23.7 Å². The van der Waals surface area contributed by atoms with Crippen molar-refractivity contribution in [1.82, 2.24) is 0 Å². The average molecular weight is 394 g/mol. The molecule has 0 aliphatic heterocycles. The summed E-state index contributed by atoms with van der Waals surface area (Å²) >= 11 is 0. The first-order valence-electron chi connectivity index (χ1n) is 10.2. The molecule has 28 heavy (non-hydrogen) atoms. The number of carboxylic acid groups (broad SMARTS) is 1. The molecule has 0 aliphatic rings. The molecule has 1 rings (SSSR count). The Hall–Kier alpha value is -1.88. The highest BCUT2D eigenvalue weighted by molar-refractivity contribution is 5.99. The fourth-order valence-electron chi connectivity index (χ4n) is 3.14. The van der Waals surface area contributed by atoms with E-state index in [0.717, 1.165) is 12.8 Å². The summed E-state index contributed by atoms with van der Waals surface area (Å²) in [6.45, 7) is 14.0. The average Bonchev–Trinajstić information content (AvgIpc) is 2.59. The molecule has 0 radical (unpaired) electrons. The van der Waals surface area contributed by atoms with Crippen molar-refractivity contribution in [1.29, 1.82) is 0 Å². The lowest BCUT2D eigenvalue weighted by Crippen LogP contribution is -2.41. The monoisotopic (exact) mass is 393 g/mol. The fourth-order valence-corrected chi connectivity index (χ4v) is 3.14. The predicted molar refractivity (Wildman–Crippen MR) is 114 cm³/mol. The van der Waals surface area contributed by atoms with Crippen molar-refractivity contribution in [3.05, 3.63) is 35.4 Å². The van der Waals surface area contributed by atoms with Crippen LogP contribution in [0.3, 0.4) is 0 Å². The van der Waals surface area contributed by atoms with Gasteiger partial charge in [0.05, 0.1) is 6.61 Å². The van der Waals surface area contributed by atoms with Crippen molar-refractivity contribution in [3.63, 3.8) is 0 Å². The highest BCUT2D eigenvalue weighted by Gasteiger charge is 2.46. The Kier molecular flexibility index (Phi) is 11.1. The Balaban J connectivity index is 0.000000567. The third-order valence-electron chi connectivity index (χ3n) is 4.73. The van der Waals surface area contributed by atoms with E-state index < -0.39 is 17.4 Å². The highest BCUT2D eigenvalue weighted by Crippen LogP contribution is 2.32. The second kappa shape index (κ2) is 11.8. The third kappa shape index (κ3) is 8.01. The summed E-state index contributed by atoms with van der Waals surface area (Å²) in [7, 11) is 0. The molecule has 0 heterocycles. The van der Waals surface area contributed by atoms with Gasteiger partial charge in [0.1, 0.15) is 0 Å². The maximum Gasteiger partial charge on any atom is 0.323 e. The van der Waals surface area contributed by atoms with Crippen LogP contribution >= 0.6 is 0 Å². The van der Waals surface area contributed by atoms with E-state index in [1.165, 1.54) is 11.1 Å². The van der Waals surface area contributed by atoms with Gasteiger partial charge in [0.25, 0.3) is 0 Å². The Labute approximate surface area is 170 Å². The van der Waals surface area contributed by atoms with Crippen LogP contribution < -0.4 is 5.73 Å². The molecule has 0 amide bonds. The zero-order valence-corrected chi connectivity index (χ0v) is 18.7. The Morgan fingerprint density at radius 1 is 1.18 bits per heavy atom. The second-order valence-corrected chi connectivity index (χ2v) is 8.36. The second-order valence-electron chi connectivity index (χ2n) is 8.36. The van der Waals surface area contributed by atoms with Crippen LogP contribution in [0.4, 0.5) is 0 Å². The van der Waals surface area contributed by atoms with Crippen LogP contribution in [0.15, 0.2) is 24.3 Å². The molecule has 0 saturated heterocycles. The van der Waals surface area contributed by atoms with Crippen LogP contribution in [0.1, 0.15) is 78.4 Å². The first-order valence-corrected chi connectivity index (χ1v) is 10.2. The first-order chi connectivity index (χ1) is 12.9. The fraction of sp³-hybridized carbons (Fsp3) is 0.652. The minimum Gasteiger partial charge on any atom is -0.480 e. The van der Waals surface area contributed by atoms with E-state index in [1.807, 2.05) is 46.8 Å². The van der Waals surface area contributed by atoms with Gasteiger partial charge >= 0.3 is 11.9 Å². The number of carbonyl (C=O) groups excluding carboxylic acids is 1. The minimum absolute atomic E-state index is 0.143. The van der Waals surface area contributed by atoms with E-state index in [4.69, 9.17) is 10.5 Å². The lowest BCUT2D eigenvalue weighted by atomic mass is 9.78. The molecule has 1 aromatic rings. The van der Waals surface area contributed by atoms with Crippen LogP contribution in [0.2, 0.25) is 0 Å². The van der Waals surface area contributed by atoms with Crippen molar-refractivity contribution < 1.29 is 19.4 Å². The molecule has 3 N–H and O–H groups in total. The number of aliphatic carboxylic acids is 1. The zero-order valence-electron chi connectivity index (χ0n) is 18.7. The summed E-state index contributed by atoms with van der Waals surface area (Å²) in [6.07, 6.45) is 2.28. The topological polar surface area (TPSA) is 89.6 Å². The van der Waals surface area contributed by atoms with E-state index >= 15 is 0 Å². The molecular formula is C23H39NO4. The number of carbonyl (C=O) groups is 2. The van der Waals surface area contributed by atoms with E-state index in [9.17, 15) is 14.7 Å². The van der Waals surface area contributed by atoms with Gasteiger partial charge in [-0.15, -0.1) is 0 Å². The van der Waals surface area contributed by atoms with Crippen LogP contribution in [-0.2, 0) is 19.9 Å². The maximum atomic E-state index is 11.9. The number of nitrogens with two attached hydrogens (primary N) is 1. The molecule has 0 aliphatic carbocycles. The first kappa shape index (κ1) is 26.1. The summed E-state index contributed by atoms with van der Waals surface area (Å²) in [5.74, 6) is -1.52. The number of esters is 1. The van der Waals surface area contributed by atoms with Gasteiger partial charge in [0.2, 0.25) is 0 Å². The van der Waals surface area contributed by atoms with Crippen molar-refractivity contribution >= 4 is 11.9 Å². The van der Waals surface area contributed by atoms with Gasteiger partial charge in [-0.05, 0) is 57.1 Å². The van der Waals surface area contributed by atoms with E-state index in [1.54, 1.807) is 6.92 Å². The number of hydrogen-bond donors (Lipinski definition) is 2. The summed E-state index contributed by atoms with van der Waals surface area (Å²) in [6, 6.07) is 8.22. The molecule has 1 atom stereocenters. The lowest BCUT2D eigenvalue weighted by Gasteiger charge is -2.27. The quantitative estimate of drug-likeness (QED) is 0.348. The number of rotatable bonds is 9. The molecule has 0 saturated carbocycles. The Morgan fingerprint density at radius 2 is 1.75 bits per heavy atom. The molecule has 160 valence electrons. The number of hydrogen-bond acceptors (Lipinski definition) is 4. The molecule has 5 heteroatoms. The molecule has 5 nitrogen and oxygen atoms in total. The molecule has 0 spiro atoms. The van der Waals surface area contributed by atoms with Crippen molar-refractivity contribution in [2.75, 3.05) is 6.61 Å². The zero-order chi connectivity index (χ0) is 22.0. The van der Waals surface area contributed by atoms with Gasteiger partial charge in [-0.3, -0.25) is 9.59 Å². The highest BCUT2D eigenvalue weighted by atomic mass is 16.5. The van der Waals surface area contributed by atoms with E-state index in [0.29, 0.717) is 13.0 Å². The largest absolute Gasteiger partial charge is 0.480 e. The number of carboxylic acids is 1. The van der Waals surface area contributed by atoms with Crippen LogP contribution in [0, 0.1) is 18.3 Å². The van der Waals surface area contributed by atoms with Gasteiger partial charge in [-0.2, -0.15) is 0 Å². The summed E-state index contributed by atoms with van der Waals surface area (Å²) in [5, 5.41) is 9.30. The normalized spacial score (nSPS) is 13.3. The summed E-state index contributed by atoms with van der Waals surface area (Å²) in [4.78, 5) is 23.3. The van der Waals surface area contributed by atoms with E-state index in [-0.39, 0.29) is 17.9 Å². The standard InChI is InChI=1S/C13H24O4.C10H15N/c1-5-7-8-17-12(16)13(6-2,11(14)15)9-10(3)4;1-8-6-4-5-7-9(8)10(2,3)11/h10H,5-9H2,1-4H3,(H,14,15);4-7H,11H2,1-3H3. The maximum absolute atomic E-state index is 11.9. The number of ether oxygens (including phenoxy) is 1. The van der Waals surface area contributed by atoms with Gasteiger partial charge in [0, 0.05) is 5.54 Å². The molecular weight excluding hydrogens is 354 g/mol. The number of aryl methyl sites for hydroxylation is 1. The molecule has 0 aromatic heterocycles. The smallest absolute Gasteiger partial charge is 0.323 e. The number of benzene rings is 1. The number of unbranched alkanes of at least 4 members (excludes halogenated alkanes) is 1. The van der Waals surface area contributed by atoms with Crippen molar-refractivity contribution in [2.24, 2.45) is 17.1 Å². The van der Waals surface area contributed by atoms with Crippen LogP contribution in [0.25, 0.3) is 0 Å². The molecule has 1 aromatic carbocycles. The van der Waals surface area contributed by atoms with Gasteiger partial charge < -0.3 is 15.6 Å². The van der Waals surface area contributed by atoms with Crippen LogP contribution in [0.5, 0.6) is 0 Å².